The van der Waals surface area contributed by atoms with Crippen LogP contribution in [0.15, 0.2) is 18.7 Å². The highest BCUT2D eigenvalue weighted by atomic mass is 16.7. The Hall–Kier alpha value is -1.03. The number of imidazole rings is 1. The summed E-state index contributed by atoms with van der Waals surface area (Å²) in [7, 11) is 1.68. The monoisotopic (exact) mass is 172 g/mol. The molecule has 1 rings (SSSR count). The summed E-state index contributed by atoms with van der Waals surface area (Å²) in [5.74, 6) is 0. The van der Waals surface area contributed by atoms with Crippen molar-refractivity contribution in [2.75, 3.05) is 20.3 Å². The summed E-state index contributed by atoms with van der Waals surface area (Å²) in [5, 5.41) is 0. The van der Waals surface area contributed by atoms with E-state index in [9.17, 15) is 0 Å². The smallest absolute Gasteiger partial charge is 0.131 e. The van der Waals surface area contributed by atoms with E-state index in [1.165, 1.54) is 0 Å². The fraction of sp³-hybridized carbons (Fsp3) is 0.625. The van der Waals surface area contributed by atoms with Gasteiger partial charge in [-0.25, -0.2) is 4.98 Å². The number of aromatic nitrogens is 2. The van der Waals surface area contributed by atoms with Crippen LogP contribution < -0.4 is 4.84 Å². The van der Waals surface area contributed by atoms with Crippen molar-refractivity contribution >= 4 is 0 Å². The van der Waals surface area contributed by atoms with E-state index in [2.05, 4.69) is 9.72 Å². The first-order valence-electron chi connectivity index (χ1n) is 3.95. The molecular weight excluding hydrogens is 156 g/mol. The molecule has 0 fully saturated rings. The van der Waals surface area contributed by atoms with Crippen molar-refractivity contribution < 1.29 is 9.57 Å². The normalized spacial score (nSPS) is 8.58. The Bertz CT molecular complexity index is 162. The Labute approximate surface area is 73.1 Å². The molecule has 0 aliphatic carbocycles. The molecular formula is C8H16N2O2. The van der Waals surface area contributed by atoms with Gasteiger partial charge in [0.15, 0.2) is 0 Å². The molecule has 0 atom stereocenters. The molecule has 0 amide bonds. The first-order valence-corrected chi connectivity index (χ1v) is 3.95. The number of nitrogens with zero attached hydrogens (tertiary/aromatic N) is 2. The number of ether oxygens (including phenoxy) is 1. The predicted octanol–water partition coefficient (Wildman–Crippen LogP) is 0.984. The van der Waals surface area contributed by atoms with Gasteiger partial charge in [0.25, 0.3) is 0 Å². The Morgan fingerprint density at radius 2 is 2.00 bits per heavy atom. The number of hydrogen-bond donors (Lipinski definition) is 0. The third-order valence-electron chi connectivity index (χ3n) is 1.05. The third-order valence-corrected chi connectivity index (χ3v) is 1.05. The second-order valence-electron chi connectivity index (χ2n) is 1.92. The fourth-order valence-corrected chi connectivity index (χ4v) is 0.472. The lowest BCUT2D eigenvalue weighted by atomic mass is 10.9. The molecule has 12 heavy (non-hydrogen) atoms. The van der Waals surface area contributed by atoms with Crippen LogP contribution in [0.4, 0.5) is 0 Å². The molecule has 1 heterocycles. The topological polar surface area (TPSA) is 36.3 Å². The van der Waals surface area contributed by atoms with Gasteiger partial charge in [0.05, 0.1) is 6.20 Å². The molecule has 70 valence electrons. The summed E-state index contributed by atoms with van der Waals surface area (Å²) in [6, 6.07) is 0. The highest BCUT2D eigenvalue weighted by molar-refractivity contribution is 4.69. The molecule has 0 bridgehead atoms. The predicted molar refractivity (Wildman–Crippen MR) is 46.9 cm³/mol. The van der Waals surface area contributed by atoms with E-state index in [0.717, 1.165) is 6.61 Å². The van der Waals surface area contributed by atoms with Crippen molar-refractivity contribution in [2.24, 2.45) is 0 Å². The van der Waals surface area contributed by atoms with Gasteiger partial charge >= 0.3 is 0 Å². The molecule has 1 aromatic rings. The van der Waals surface area contributed by atoms with Crippen molar-refractivity contribution in [2.45, 2.75) is 13.8 Å². The van der Waals surface area contributed by atoms with Crippen LogP contribution in [0.2, 0.25) is 0 Å². The maximum Gasteiger partial charge on any atom is 0.131 e. The number of hydrogen-bond acceptors (Lipinski definition) is 3. The van der Waals surface area contributed by atoms with Gasteiger partial charge in [0.2, 0.25) is 0 Å². The van der Waals surface area contributed by atoms with Crippen molar-refractivity contribution in [3.8, 4) is 0 Å². The first kappa shape index (κ1) is 11.0. The van der Waals surface area contributed by atoms with Crippen LogP contribution in [-0.2, 0) is 4.74 Å². The first-order chi connectivity index (χ1) is 5.85. The summed E-state index contributed by atoms with van der Waals surface area (Å²) in [6.45, 7) is 5.39. The quantitative estimate of drug-likeness (QED) is 0.682. The highest BCUT2D eigenvalue weighted by Gasteiger charge is 1.81. The van der Waals surface area contributed by atoms with E-state index in [1.807, 2.05) is 13.8 Å². The maximum absolute atomic E-state index is 5.00. The van der Waals surface area contributed by atoms with Gasteiger partial charge in [-0.15, -0.1) is 0 Å². The van der Waals surface area contributed by atoms with E-state index in [1.54, 1.807) is 30.6 Å². The molecule has 1 aromatic heterocycles. The van der Waals surface area contributed by atoms with Crippen molar-refractivity contribution in [3.63, 3.8) is 0 Å². The van der Waals surface area contributed by atoms with E-state index >= 15 is 0 Å². The van der Waals surface area contributed by atoms with Crippen LogP contribution in [0.5, 0.6) is 0 Å². The van der Waals surface area contributed by atoms with E-state index in [4.69, 9.17) is 4.84 Å². The summed E-state index contributed by atoms with van der Waals surface area (Å²) < 4.78 is 6.11. The van der Waals surface area contributed by atoms with Crippen LogP contribution >= 0.6 is 0 Å². The zero-order valence-corrected chi connectivity index (χ0v) is 7.86. The summed E-state index contributed by atoms with van der Waals surface area (Å²) in [6.07, 6.45) is 5.04. The largest absolute Gasteiger partial charge is 0.413 e. The molecule has 4 nitrogen and oxygen atoms in total. The highest BCUT2D eigenvalue weighted by Crippen LogP contribution is 1.77. The Kier molecular flexibility index (Phi) is 7.38. The molecule has 0 aromatic carbocycles. The van der Waals surface area contributed by atoms with E-state index in [0.29, 0.717) is 6.61 Å². The van der Waals surface area contributed by atoms with Crippen molar-refractivity contribution in [3.05, 3.63) is 18.7 Å². The lowest BCUT2D eigenvalue weighted by Crippen LogP contribution is -2.06. The maximum atomic E-state index is 5.00. The standard InChI is InChI=1S/C5H8N2O.C3H8O/c1-2-8-7-4-3-6-5-7;1-3-4-2/h3-5H,2H2,1H3;3H2,1-2H3. The van der Waals surface area contributed by atoms with Gasteiger partial charge in [0, 0.05) is 19.9 Å². The SMILES string of the molecule is CCOC.CCOn1ccnc1. The van der Waals surface area contributed by atoms with Crippen LogP contribution in [0, 0.1) is 0 Å². The third kappa shape index (κ3) is 5.73. The Morgan fingerprint density at radius 3 is 2.33 bits per heavy atom. The molecule has 0 radical (unpaired) electrons. The zero-order chi connectivity index (χ0) is 9.23. The van der Waals surface area contributed by atoms with Gasteiger partial charge in [-0.05, 0) is 13.8 Å². The van der Waals surface area contributed by atoms with Gasteiger partial charge in [-0.2, -0.15) is 4.73 Å². The molecule has 0 spiro atoms. The molecule has 0 N–H and O–H groups in total. The van der Waals surface area contributed by atoms with Crippen molar-refractivity contribution in [1.29, 1.82) is 0 Å². The average Bonchev–Trinajstić information content (AvgIpc) is 2.58. The molecule has 0 aliphatic heterocycles. The van der Waals surface area contributed by atoms with Gasteiger partial charge < -0.3 is 9.57 Å². The minimum Gasteiger partial charge on any atom is -0.413 e. The second-order valence-corrected chi connectivity index (χ2v) is 1.92. The molecule has 0 saturated heterocycles. The summed E-state index contributed by atoms with van der Waals surface area (Å²) >= 11 is 0. The molecule has 0 aliphatic rings. The van der Waals surface area contributed by atoms with Crippen LogP contribution in [0.25, 0.3) is 0 Å². The van der Waals surface area contributed by atoms with E-state index < -0.39 is 0 Å². The van der Waals surface area contributed by atoms with Crippen LogP contribution in [-0.4, -0.2) is 30.0 Å². The van der Waals surface area contributed by atoms with E-state index in [-0.39, 0.29) is 0 Å². The van der Waals surface area contributed by atoms with Crippen LogP contribution in [0.1, 0.15) is 13.8 Å². The minimum atomic E-state index is 0.677. The second kappa shape index (κ2) is 8.07. The van der Waals surface area contributed by atoms with Gasteiger partial charge in [-0.3, -0.25) is 0 Å². The summed E-state index contributed by atoms with van der Waals surface area (Å²) in [5.41, 5.74) is 0. The molecule has 0 saturated carbocycles. The van der Waals surface area contributed by atoms with Crippen molar-refractivity contribution in [1.82, 2.24) is 9.71 Å². The molecule has 4 heteroatoms. The lowest BCUT2D eigenvalue weighted by molar-refractivity contribution is 0.121. The molecule has 0 unspecified atom stereocenters. The average molecular weight is 172 g/mol. The fourth-order valence-electron chi connectivity index (χ4n) is 0.472. The number of rotatable bonds is 3. The Morgan fingerprint density at radius 1 is 1.33 bits per heavy atom. The van der Waals surface area contributed by atoms with Gasteiger partial charge in [-0.1, -0.05) is 0 Å². The summed E-state index contributed by atoms with van der Waals surface area (Å²) in [4.78, 5) is 8.78. The zero-order valence-electron chi connectivity index (χ0n) is 7.86. The van der Waals surface area contributed by atoms with Gasteiger partial charge in [0.1, 0.15) is 12.9 Å². The Balaban J connectivity index is 0.000000261. The lowest BCUT2D eigenvalue weighted by Gasteiger charge is -1.98. The minimum absolute atomic E-state index is 0.677. The van der Waals surface area contributed by atoms with Crippen LogP contribution in [0.3, 0.4) is 0 Å². The number of methoxy groups -OCH3 is 1.